The number of benzene rings is 2. The van der Waals surface area contributed by atoms with Crippen molar-refractivity contribution in [2.24, 2.45) is 0 Å². The second-order valence-electron chi connectivity index (χ2n) is 7.05. The summed E-state index contributed by atoms with van der Waals surface area (Å²) >= 11 is 1.38. The molecular weight excluding hydrogens is 466 g/mol. The van der Waals surface area contributed by atoms with E-state index in [9.17, 15) is 8.42 Å². The molecule has 0 spiro atoms. The van der Waals surface area contributed by atoms with Gasteiger partial charge in [0.2, 0.25) is 17.3 Å². The summed E-state index contributed by atoms with van der Waals surface area (Å²) in [5.74, 6) is 1.72. The summed E-state index contributed by atoms with van der Waals surface area (Å²) in [7, 11) is -1.02. The topological polar surface area (TPSA) is 144 Å². The summed E-state index contributed by atoms with van der Waals surface area (Å²) in [6, 6.07) is 11.6. The fourth-order valence-corrected chi connectivity index (χ4v) is 4.64. The normalized spacial score (nSPS) is 11.6. The van der Waals surface area contributed by atoms with E-state index < -0.39 is 10.1 Å². The van der Waals surface area contributed by atoms with E-state index in [1.807, 2.05) is 22.8 Å². The second-order valence-corrected chi connectivity index (χ2v) is 9.50. The molecule has 0 amide bonds. The number of hydrogen-bond acceptors (Lipinski definition) is 8. The number of aromatic nitrogens is 4. The van der Waals surface area contributed by atoms with Gasteiger partial charge in [-0.2, -0.15) is 8.42 Å². The van der Waals surface area contributed by atoms with Gasteiger partial charge in [0.05, 0.1) is 30.6 Å². The Bertz CT molecular complexity index is 1400. The molecule has 0 aliphatic carbocycles. The van der Waals surface area contributed by atoms with Crippen molar-refractivity contribution in [1.29, 1.82) is 0 Å². The maximum atomic E-state index is 11.2. The Morgan fingerprint density at radius 1 is 1.15 bits per heavy atom. The summed E-state index contributed by atoms with van der Waals surface area (Å²) in [5.41, 5.74) is 8.22. The first-order valence-electron chi connectivity index (χ1n) is 9.78. The van der Waals surface area contributed by atoms with Crippen LogP contribution in [0.5, 0.6) is 11.5 Å². The fraction of sp³-hybridized carbons (Fsp3) is 0.190. The van der Waals surface area contributed by atoms with Gasteiger partial charge in [0.15, 0.2) is 5.52 Å². The van der Waals surface area contributed by atoms with Crippen LogP contribution in [0.3, 0.4) is 0 Å². The summed E-state index contributed by atoms with van der Waals surface area (Å²) < 4.78 is 44.2. The van der Waals surface area contributed by atoms with Gasteiger partial charge in [0.1, 0.15) is 11.5 Å². The van der Waals surface area contributed by atoms with Crippen LogP contribution in [0.4, 0.5) is 5.82 Å². The van der Waals surface area contributed by atoms with Crippen LogP contribution in [-0.4, -0.2) is 42.1 Å². The number of nitrogen functional groups attached to an aromatic ring is 1. The number of nitrogens with zero attached hydrogens (tertiary/aromatic N) is 3. The molecule has 0 unspecified atom stereocenters. The minimum Gasteiger partial charge on any atom is -0.497 e. The number of methoxy groups -OCH3 is 2. The number of ether oxygens (including phenoxy) is 2. The number of fused-ring (bicyclic) bond motifs is 1. The second kappa shape index (κ2) is 9.25. The van der Waals surface area contributed by atoms with Gasteiger partial charge in [-0.05, 0) is 47.7 Å². The minimum absolute atomic E-state index is 0.141. The molecule has 4 aromatic rings. The number of rotatable bonds is 8. The van der Waals surface area contributed by atoms with Crippen molar-refractivity contribution in [1.82, 2.24) is 15.0 Å². The van der Waals surface area contributed by atoms with E-state index in [4.69, 9.17) is 24.7 Å². The molecule has 33 heavy (non-hydrogen) atoms. The van der Waals surface area contributed by atoms with Gasteiger partial charge in [0, 0.05) is 6.42 Å². The molecule has 172 valence electrons. The van der Waals surface area contributed by atoms with Gasteiger partial charge in [-0.25, -0.2) is 4.57 Å². The Kier molecular flexibility index (Phi) is 6.40. The largest absolute Gasteiger partial charge is 0.497 e. The van der Waals surface area contributed by atoms with Gasteiger partial charge in [0.25, 0.3) is 15.8 Å². The lowest BCUT2D eigenvalue weighted by molar-refractivity contribution is -0.675. The Hall–Kier alpha value is -3.35. The molecule has 4 N–H and O–H groups in total. The van der Waals surface area contributed by atoms with Crippen molar-refractivity contribution in [3.8, 4) is 11.5 Å². The number of hydrogen-bond donors (Lipinski definition) is 3. The minimum atomic E-state index is -4.22. The van der Waals surface area contributed by atoms with Gasteiger partial charge >= 0.3 is 0 Å². The first kappa shape index (κ1) is 22.8. The van der Waals surface area contributed by atoms with Crippen LogP contribution in [0, 0.1) is 0 Å². The molecule has 0 atom stereocenters. The molecule has 4 rings (SSSR count). The number of anilines is 1. The summed E-state index contributed by atoms with van der Waals surface area (Å²) in [4.78, 5) is 12.9. The van der Waals surface area contributed by atoms with Crippen molar-refractivity contribution in [2.45, 2.75) is 27.9 Å². The van der Waals surface area contributed by atoms with Gasteiger partial charge in [-0.3, -0.25) is 4.55 Å². The maximum absolute atomic E-state index is 11.2. The van der Waals surface area contributed by atoms with E-state index in [-0.39, 0.29) is 4.90 Å². The van der Waals surface area contributed by atoms with Crippen molar-refractivity contribution in [3.63, 3.8) is 0 Å². The number of aromatic amines is 1. The molecule has 10 nitrogen and oxygen atoms in total. The van der Waals surface area contributed by atoms with E-state index in [0.717, 1.165) is 10.5 Å². The number of nitrogens with two attached hydrogens (primary N) is 1. The molecule has 0 radical (unpaired) electrons. The third kappa shape index (κ3) is 5.02. The molecule has 2 heterocycles. The number of aryl methyl sites for hydroxylation is 2. The molecule has 0 bridgehead atoms. The predicted molar refractivity (Wildman–Crippen MR) is 122 cm³/mol. The van der Waals surface area contributed by atoms with E-state index in [1.165, 1.54) is 23.9 Å². The highest BCUT2D eigenvalue weighted by Gasteiger charge is 2.20. The molecule has 0 fully saturated rings. The highest BCUT2D eigenvalue weighted by Crippen LogP contribution is 2.36. The molecule has 0 aliphatic heterocycles. The SMILES string of the molecule is COc1ccc(OC)c(Sc2nc3c([nH]2)c(N)nc[n+]3CCc2ccc(S(=O)(=O)O)cc2)c1. The van der Waals surface area contributed by atoms with Crippen LogP contribution in [0.15, 0.2) is 63.7 Å². The number of nitrogens with one attached hydrogen (secondary N) is 1. The van der Waals surface area contributed by atoms with Crippen LogP contribution in [0.1, 0.15) is 5.56 Å². The summed E-state index contributed by atoms with van der Waals surface area (Å²) in [5, 5.41) is 0.613. The Morgan fingerprint density at radius 2 is 1.91 bits per heavy atom. The zero-order valence-electron chi connectivity index (χ0n) is 17.8. The number of imidazole rings is 1. The van der Waals surface area contributed by atoms with Gasteiger partial charge < -0.3 is 20.2 Å². The molecule has 0 saturated carbocycles. The first-order chi connectivity index (χ1) is 15.8. The van der Waals surface area contributed by atoms with Crippen LogP contribution >= 0.6 is 11.8 Å². The van der Waals surface area contributed by atoms with Crippen molar-refractivity contribution >= 4 is 38.9 Å². The Morgan fingerprint density at radius 3 is 2.58 bits per heavy atom. The van der Waals surface area contributed by atoms with Crippen molar-refractivity contribution in [3.05, 3.63) is 54.4 Å². The van der Waals surface area contributed by atoms with Crippen LogP contribution < -0.4 is 19.8 Å². The molecule has 2 aromatic heterocycles. The zero-order valence-corrected chi connectivity index (χ0v) is 19.5. The Labute approximate surface area is 194 Å². The average Bonchev–Trinajstić information content (AvgIpc) is 3.23. The fourth-order valence-electron chi connectivity index (χ4n) is 3.24. The number of H-pyrrole nitrogens is 1. The lowest BCUT2D eigenvalue weighted by atomic mass is 10.1. The van der Waals surface area contributed by atoms with Gasteiger partial charge in [-0.15, -0.1) is 0 Å². The average molecular weight is 489 g/mol. The molecule has 0 aliphatic rings. The smallest absolute Gasteiger partial charge is 0.294 e. The summed E-state index contributed by atoms with van der Waals surface area (Å²) in [6.07, 6.45) is 2.21. The lowest BCUT2D eigenvalue weighted by Gasteiger charge is -2.07. The van der Waals surface area contributed by atoms with Crippen LogP contribution in [-0.2, 0) is 23.1 Å². The van der Waals surface area contributed by atoms with Crippen LogP contribution in [0.25, 0.3) is 11.2 Å². The highest BCUT2D eigenvalue weighted by atomic mass is 32.2. The first-order valence-corrected chi connectivity index (χ1v) is 12.0. The van der Waals surface area contributed by atoms with E-state index >= 15 is 0 Å². The lowest BCUT2D eigenvalue weighted by Crippen LogP contribution is -2.36. The Balaban J connectivity index is 1.59. The third-order valence-corrected chi connectivity index (χ3v) is 6.76. The predicted octanol–water partition coefficient (Wildman–Crippen LogP) is 2.49. The van der Waals surface area contributed by atoms with E-state index in [2.05, 4.69) is 9.97 Å². The van der Waals surface area contributed by atoms with Crippen molar-refractivity contribution in [2.75, 3.05) is 20.0 Å². The third-order valence-electron chi connectivity index (χ3n) is 4.97. The molecule has 12 heteroatoms. The van der Waals surface area contributed by atoms with Gasteiger partial charge in [-0.1, -0.05) is 22.1 Å². The maximum Gasteiger partial charge on any atom is 0.294 e. The van der Waals surface area contributed by atoms with Crippen LogP contribution in [0.2, 0.25) is 0 Å². The molecule has 0 saturated heterocycles. The van der Waals surface area contributed by atoms with E-state index in [1.54, 1.807) is 32.7 Å². The highest BCUT2D eigenvalue weighted by molar-refractivity contribution is 7.99. The standard InChI is InChI=1S/C21H21N5O5S2/c1-30-14-5-8-16(31-2)17(11-14)32-21-24-18-19(22)23-12-26(20(18)25-21)10-9-13-3-6-15(7-4-13)33(27,28)29/h3-8,11-12H,9-10H2,1-2H3,(H3,22,24,25,27,28,29)/p+1. The van der Waals surface area contributed by atoms with E-state index in [0.29, 0.717) is 46.6 Å². The quantitative estimate of drug-likeness (QED) is 0.252. The molecule has 2 aromatic carbocycles. The monoisotopic (exact) mass is 488 g/mol. The molecular formula is C21H22N5O5S2+. The van der Waals surface area contributed by atoms with Crippen molar-refractivity contribution < 1.29 is 27.0 Å². The summed E-state index contributed by atoms with van der Waals surface area (Å²) in [6.45, 7) is 0.534. The zero-order chi connectivity index (χ0) is 23.6.